The van der Waals surface area contributed by atoms with Crippen LogP contribution >= 0.6 is 27.3 Å². The van der Waals surface area contributed by atoms with Gasteiger partial charge in [0, 0.05) is 9.17 Å². The lowest BCUT2D eigenvalue weighted by molar-refractivity contribution is 1.34. The fraction of sp³-hybridized carbons (Fsp3) is 0. The number of pyridine rings is 1. The normalized spacial score (nSPS) is 10.9. The highest BCUT2D eigenvalue weighted by Crippen LogP contribution is 2.33. The van der Waals surface area contributed by atoms with Crippen LogP contribution in [0.3, 0.4) is 0 Å². The molecule has 0 saturated heterocycles. The molecule has 2 heterocycles. The lowest BCUT2D eigenvalue weighted by Crippen LogP contribution is -1.86. The number of nitrogens with two attached hydrogens (primary N) is 1. The molecule has 17 heavy (non-hydrogen) atoms. The average molecular weight is 305 g/mol. The van der Waals surface area contributed by atoms with Gasteiger partial charge < -0.3 is 5.73 Å². The van der Waals surface area contributed by atoms with Gasteiger partial charge in [-0.2, -0.15) is 0 Å². The summed E-state index contributed by atoms with van der Waals surface area (Å²) < 4.78 is 2.36. The van der Waals surface area contributed by atoms with E-state index in [0.717, 1.165) is 15.0 Å². The predicted molar refractivity (Wildman–Crippen MR) is 77.2 cm³/mol. The SMILES string of the molecule is Nc1ccc(-c2cc3cc(Br)ccc3s2)nc1. The van der Waals surface area contributed by atoms with Crippen molar-refractivity contribution in [3.63, 3.8) is 0 Å². The van der Waals surface area contributed by atoms with E-state index in [9.17, 15) is 0 Å². The molecule has 2 aromatic heterocycles. The van der Waals surface area contributed by atoms with E-state index >= 15 is 0 Å². The van der Waals surface area contributed by atoms with Gasteiger partial charge in [0.2, 0.25) is 0 Å². The fourth-order valence-corrected chi connectivity index (χ4v) is 3.09. The number of anilines is 1. The maximum atomic E-state index is 5.63. The molecule has 0 aliphatic carbocycles. The fourth-order valence-electron chi connectivity index (χ4n) is 1.69. The van der Waals surface area contributed by atoms with Crippen molar-refractivity contribution in [1.29, 1.82) is 0 Å². The van der Waals surface area contributed by atoms with Gasteiger partial charge in [0.1, 0.15) is 0 Å². The van der Waals surface area contributed by atoms with Gasteiger partial charge in [-0.05, 0) is 41.8 Å². The van der Waals surface area contributed by atoms with E-state index < -0.39 is 0 Å². The zero-order valence-electron chi connectivity index (χ0n) is 8.85. The molecule has 3 rings (SSSR count). The molecular formula is C13H9BrN2S. The lowest BCUT2D eigenvalue weighted by atomic mass is 10.2. The summed E-state index contributed by atoms with van der Waals surface area (Å²) >= 11 is 5.22. The van der Waals surface area contributed by atoms with E-state index in [2.05, 4.69) is 45.2 Å². The van der Waals surface area contributed by atoms with Gasteiger partial charge >= 0.3 is 0 Å². The Balaban J connectivity index is 2.14. The highest BCUT2D eigenvalue weighted by atomic mass is 79.9. The van der Waals surface area contributed by atoms with E-state index in [4.69, 9.17) is 5.73 Å². The predicted octanol–water partition coefficient (Wildman–Crippen LogP) is 4.31. The molecule has 0 aliphatic rings. The quantitative estimate of drug-likeness (QED) is 0.727. The van der Waals surface area contributed by atoms with Gasteiger partial charge in [0.25, 0.3) is 0 Å². The van der Waals surface area contributed by atoms with Crippen molar-refractivity contribution >= 4 is 43.0 Å². The van der Waals surface area contributed by atoms with Gasteiger partial charge in [0.05, 0.1) is 22.5 Å². The molecule has 0 unspecified atom stereocenters. The number of halogens is 1. The molecule has 0 fully saturated rings. The summed E-state index contributed by atoms with van der Waals surface area (Å²) in [5, 5.41) is 1.23. The molecule has 0 saturated carbocycles. The third kappa shape index (κ3) is 2.06. The molecule has 2 N–H and O–H groups in total. The summed E-state index contributed by atoms with van der Waals surface area (Å²) in [6.45, 7) is 0. The van der Waals surface area contributed by atoms with Crippen molar-refractivity contribution in [3.8, 4) is 10.6 Å². The van der Waals surface area contributed by atoms with Crippen LogP contribution in [0.4, 0.5) is 5.69 Å². The first kappa shape index (κ1) is 10.7. The molecule has 0 aliphatic heterocycles. The van der Waals surface area contributed by atoms with E-state index in [1.54, 1.807) is 17.5 Å². The Labute approximate surface area is 111 Å². The third-order valence-electron chi connectivity index (χ3n) is 2.52. The largest absolute Gasteiger partial charge is 0.397 e. The zero-order valence-corrected chi connectivity index (χ0v) is 11.3. The summed E-state index contributed by atoms with van der Waals surface area (Å²) in [5.41, 5.74) is 7.30. The summed E-state index contributed by atoms with van der Waals surface area (Å²) in [6.07, 6.45) is 1.69. The number of nitrogen functional groups attached to an aromatic ring is 1. The summed E-state index contributed by atoms with van der Waals surface area (Å²) in [6, 6.07) is 12.3. The Morgan fingerprint density at radius 1 is 1.12 bits per heavy atom. The molecule has 3 aromatic rings. The molecule has 0 atom stereocenters. The van der Waals surface area contributed by atoms with E-state index in [-0.39, 0.29) is 0 Å². The summed E-state index contributed by atoms with van der Waals surface area (Å²) in [5.74, 6) is 0. The second kappa shape index (κ2) is 4.13. The minimum Gasteiger partial charge on any atom is -0.397 e. The van der Waals surface area contributed by atoms with Crippen LogP contribution < -0.4 is 5.73 Å². The molecule has 0 bridgehead atoms. The van der Waals surface area contributed by atoms with Crippen LogP contribution in [0, 0.1) is 0 Å². The van der Waals surface area contributed by atoms with Crippen molar-refractivity contribution in [1.82, 2.24) is 4.98 Å². The van der Waals surface area contributed by atoms with Crippen molar-refractivity contribution in [2.45, 2.75) is 0 Å². The first-order chi connectivity index (χ1) is 8.22. The van der Waals surface area contributed by atoms with Crippen LogP contribution in [0.5, 0.6) is 0 Å². The number of hydrogen-bond acceptors (Lipinski definition) is 3. The van der Waals surface area contributed by atoms with Gasteiger partial charge in [-0.15, -0.1) is 11.3 Å². The van der Waals surface area contributed by atoms with Crippen molar-refractivity contribution in [2.75, 3.05) is 5.73 Å². The lowest BCUT2D eigenvalue weighted by Gasteiger charge is -1.95. The minimum atomic E-state index is 0.692. The number of benzene rings is 1. The van der Waals surface area contributed by atoms with Crippen LogP contribution in [-0.4, -0.2) is 4.98 Å². The number of aromatic nitrogens is 1. The number of rotatable bonds is 1. The van der Waals surface area contributed by atoms with Gasteiger partial charge in [-0.25, -0.2) is 0 Å². The van der Waals surface area contributed by atoms with Gasteiger partial charge in [0.15, 0.2) is 0 Å². The number of fused-ring (bicyclic) bond motifs is 1. The van der Waals surface area contributed by atoms with E-state index in [1.807, 2.05) is 12.1 Å². The van der Waals surface area contributed by atoms with Crippen LogP contribution in [0.25, 0.3) is 20.7 Å². The first-order valence-electron chi connectivity index (χ1n) is 5.13. The summed E-state index contributed by atoms with van der Waals surface area (Å²) in [4.78, 5) is 5.50. The van der Waals surface area contributed by atoms with Crippen molar-refractivity contribution < 1.29 is 0 Å². The van der Waals surface area contributed by atoms with E-state index in [1.165, 1.54) is 10.1 Å². The molecular weight excluding hydrogens is 296 g/mol. The highest BCUT2D eigenvalue weighted by Gasteiger charge is 2.05. The standard InChI is InChI=1S/C13H9BrN2S/c14-9-1-4-12-8(5-9)6-13(17-12)11-3-2-10(15)7-16-11/h1-7H,15H2. The van der Waals surface area contributed by atoms with Crippen LogP contribution in [-0.2, 0) is 0 Å². The Morgan fingerprint density at radius 3 is 2.76 bits per heavy atom. The Kier molecular flexibility index (Phi) is 2.61. The monoisotopic (exact) mass is 304 g/mol. The maximum Gasteiger partial charge on any atom is 0.0803 e. The number of thiophene rings is 1. The molecule has 2 nitrogen and oxygen atoms in total. The van der Waals surface area contributed by atoms with Crippen LogP contribution in [0.15, 0.2) is 47.1 Å². The highest BCUT2D eigenvalue weighted by molar-refractivity contribution is 9.10. The first-order valence-corrected chi connectivity index (χ1v) is 6.74. The van der Waals surface area contributed by atoms with Crippen LogP contribution in [0.2, 0.25) is 0 Å². The minimum absolute atomic E-state index is 0.692. The topological polar surface area (TPSA) is 38.9 Å². The third-order valence-corrected chi connectivity index (χ3v) is 4.15. The van der Waals surface area contributed by atoms with E-state index in [0.29, 0.717) is 5.69 Å². The number of nitrogens with zero attached hydrogens (tertiary/aromatic N) is 1. The van der Waals surface area contributed by atoms with Crippen molar-refractivity contribution in [3.05, 3.63) is 47.1 Å². The maximum absolute atomic E-state index is 5.63. The molecule has 0 radical (unpaired) electrons. The Morgan fingerprint density at radius 2 is 2.00 bits per heavy atom. The summed E-state index contributed by atoms with van der Waals surface area (Å²) in [7, 11) is 0. The second-order valence-electron chi connectivity index (χ2n) is 3.77. The molecule has 4 heteroatoms. The molecule has 0 amide bonds. The molecule has 1 aromatic carbocycles. The van der Waals surface area contributed by atoms with Gasteiger partial charge in [-0.3, -0.25) is 4.98 Å². The van der Waals surface area contributed by atoms with Crippen LogP contribution in [0.1, 0.15) is 0 Å². The van der Waals surface area contributed by atoms with Gasteiger partial charge in [-0.1, -0.05) is 15.9 Å². The molecule has 84 valence electrons. The Bertz CT molecular complexity index is 673. The second-order valence-corrected chi connectivity index (χ2v) is 5.77. The zero-order chi connectivity index (χ0) is 11.8. The smallest absolute Gasteiger partial charge is 0.0803 e. The molecule has 0 spiro atoms. The Hall–Kier alpha value is -1.39. The average Bonchev–Trinajstić information content (AvgIpc) is 2.72. The number of hydrogen-bond donors (Lipinski definition) is 1. The van der Waals surface area contributed by atoms with Crippen molar-refractivity contribution in [2.24, 2.45) is 0 Å².